The number of hydrogen-bond acceptors (Lipinski definition) is 3. The van der Waals surface area contributed by atoms with Gasteiger partial charge in [-0.25, -0.2) is 0 Å². The molecule has 1 N–H and O–H groups in total. The van der Waals surface area contributed by atoms with Gasteiger partial charge >= 0.3 is 0 Å². The number of benzene rings is 1. The lowest BCUT2D eigenvalue weighted by Gasteiger charge is -2.33. The van der Waals surface area contributed by atoms with E-state index in [1.54, 1.807) is 11.8 Å². The first kappa shape index (κ1) is 17.3. The van der Waals surface area contributed by atoms with Crippen LogP contribution in [0, 0.1) is 0 Å². The number of carbonyl (C=O) groups is 2. The Bertz CT molecular complexity index is 656. The Morgan fingerprint density at radius 2 is 2.04 bits per heavy atom. The van der Waals surface area contributed by atoms with E-state index in [4.69, 9.17) is 0 Å². The summed E-state index contributed by atoms with van der Waals surface area (Å²) in [6, 6.07) is 8.01. The predicted octanol–water partition coefficient (Wildman–Crippen LogP) is 3.05. The second-order valence-electron chi connectivity index (χ2n) is 7.43. The smallest absolute Gasteiger partial charge is 0.244 e. The molecular weight excluding hydrogens is 320 g/mol. The van der Waals surface area contributed by atoms with Gasteiger partial charge in [0.2, 0.25) is 11.8 Å². The number of hydrogen-bond donors (Lipinski definition) is 1. The maximum Gasteiger partial charge on any atom is 0.244 e. The number of nitrogens with zero attached hydrogens (tertiary/aromatic N) is 1. The van der Waals surface area contributed by atoms with Crippen molar-refractivity contribution in [2.45, 2.75) is 63.4 Å². The van der Waals surface area contributed by atoms with Gasteiger partial charge < -0.3 is 10.2 Å². The first-order valence-electron chi connectivity index (χ1n) is 8.64. The molecule has 0 radical (unpaired) electrons. The van der Waals surface area contributed by atoms with Crippen LogP contribution in [0.25, 0.3) is 0 Å². The van der Waals surface area contributed by atoms with Crippen LogP contribution in [0.5, 0.6) is 0 Å². The van der Waals surface area contributed by atoms with Crippen molar-refractivity contribution in [1.82, 2.24) is 10.2 Å². The number of aryl methyl sites for hydroxylation is 1. The highest BCUT2D eigenvalue weighted by atomic mass is 32.2. The van der Waals surface area contributed by atoms with Gasteiger partial charge in [0.1, 0.15) is 6.04 Å². The fraction of sp³-hybridized carbons (Fsp3) is 0.579. The van der Waals surface area contributed by atoms with Crippen molar-refractivity contribution in [3.63, 3.8) is 0 Å². The highest BCUT2D eigenvalue weighted by Crippen LogP contribution is 2.47. The minimum absolute atomic E-state index is 0.0500. The van der Waals surface area contributed by atoms with Gasteiger partial charge in [-0.2, -0.15) is 0 Å². The Morgan fingerprint density at radius 3 is 2.67 bits per heavy atom. The molecular formula is C19H26N2O2S. The van der Waals surface area contributed by atoms with E-state index in [2.05, 4.69) is 43.4 Å². The fourth-order valence-corrected chi connectivity index (χ4v) is 5.07. The Kier molecular flexibility index (Phi) is 4.41. The van der Waals surface area contributed by atoms with E-state index in [1.165, 1.54) is 5.56 Å². The maximum atomic E-state index is 12.9. The van der Waals surface area contributed by atoms with E-state index in [0.29, 0.717) is 12.2 Å². The highest BCUT2D eigenvalue weighted by Gasteiger charge is 2.53. The summed E-state index contributed by atoms with van der Waals surface area (Å²) in [7, 11) is 0. The lowest BCUT2D eigenvalue weighted by Crippen LogP contribution is -2.53. The molecule has 0 spiro atoms. The average molecular weight is 346 g/mol. The molecule has 5 heteroatoms. The standard InChI is InChI=1S/C19H26N2O2S/c1-5-13-6-8-14(9-7-13)18(2,3)20-17(23)15-12-24-19(4)11-10-16(22)21(15)19/h6-9,15H,5,10-12H2,1-4H3,(H,20,23)/t15-,19-/m1/s1. The number of carbonyl (C=O) groups excluding carboxylic acids is 2. The molecule has 0 aromatic heterocycles. The first-order valence-corrected chi connectivity index (χ1v) is 9.63. The zero-order chi connectivity index (χ0) is 17.5. The Balaban J connectivity index is 1.74. The van der Waals surface area contributed by atoms with E-state index < -0.39 is 5.54 Å². The summed E-state index contributed by atoms with van der Waals surface area (Å²) in [4.78, 5) is 26.7. The molecule has 2 fully saturated rings. The van der Waals surface area contributed by atoms with Crippen LogP contribution in [0.3, 0.4) is 0 Å². The van der Waals surface area contributed by atoms with Gasteiger partial charge in [0, 0.05) is 12.2 Å². The molecule has 0 aliphatic carbocycles. The molecule has 0 bridgehead atoms. The van der Waals surface area contributed by atoms with Crippen LogP contribution >= 0.6 is 11.8 Å². The predicted molar refractivity (Wildman–Crippen MR) is 97.7 cm³/mol. The third kappa shape index (κ3) is 2.94. The van der Waals surface area contributed by atoms with Crippen molar-refractivity contribution in [3.8, 4) is 0 Å². The molecule has 130 valence electrons. The van der Waals surface area contributed by atoms with E-state index in [-0.39, 0.29) is 22.7 Å². The molecule has 2 amide bonds. The summed E-state index contributed by atoms with van der Waals surface area (Å²) in [6.45, 7) is 8.23. The van der Waals surface area contributed by atoms with E-state index in [9.17, 15) is 9.59 Å². The van der Waals surface area contributed by atoms with Crippen LogP contribution in [-0.4, -0.2) is 33.4 Å². The molecule has 2 heterocycles. The molecule has 1 aromatic carbocycles. The van der Waals surface area contributed by atoms with Crippen LogP contribution < -0.4 is 5.32 Å². The summed E-state index contributed by atoms with van der Waals surface area (Å²) in [5.41, 5.74) is 1.90. The molecule has 4 nitrogen and oxygen atoms in total. The molecule has 1 aromatic rings. The first-order chi connectivity index (χ1) is 11.3. The molecule has 3 rings (SSSR count). The SMILES string of the molecule is CCc1ccc(C(C)(C)NC(=O)[C@H]2CS[C@]3(C)CCC(=O)N23)cc1. The van der Waals surface area contributed by atoms with Crippen LogP contribution in [0.4, 0.5) is 0 Å². The quantitative estimate of drug-likeness (QED) is 0.911. The van der Waals surface area contributed by atoms with Gasteiger partial charge in [0.15, 0.2) is 0 Å². The van der Waals surface area contributed by atoms with Crippen molar-refractivity contribution in [2.75, 3.05) is 5.75 Å². The van der Waals surface area contributed by atoms with Crippen LogP contribution in [0.1, 0.15) is 51.7 Å². The summed E-state index contributed by atoms with van der Waals surface area (Å²) >= 11 is 1.73. The summed E-state index contributed by atoms with van der Waals surface area (Å²) in [5, 5.41) is 3.16. The second kappa shape index (κ2) is 6.10. The molecule has 24 heavy (non-hydrogen) atoms. The topological polar surface area (TPSA) is 49.4 Å². The summed E-state index contributed by atoms with van der Waals surface area (Å²) in [5.74, 6) is 0.734. The monoisotopic (exact) mass is 346 g/mol. The second-order valence-corrected chi connectivity index (χ2v) is 8.93. The maximum absolute atomic E-state index is 12.9. The van der Waals surface area contributed by atoms with Gasteiger partial charge in [-0.15, -0.1) is 11.8 Å². The Morgan fingerprint density at radius 1 is 1.38 bits per heavy atom. The minimum atomic E-state index is -0.463. The van der Waals surface area contributed by atoms with Gasteiger partial charge in [-0.1, -0.05) is 31.2 Å². The molecule has 2 saturated heterocycles. The highest BCUT2D eigenvalue weighted by molar-refractivity contribution is 8.01. The van der Waals surface area contributed by atoms with Crippen LogP contribution in [0.2, 0.25) is 0 Å². The zero-order valence-electron chi connectivity index (χ0n) is 14.9. The van der Waals surface area contributed by atoms with Gasteiger partial charge in [-0.3, -0.25) is 9.59 Å². The Hall–Kier alpha value is -1.49. The number of amides is 2. The average Bonchev–Trinajstić information content (AvgIpc) is 3.03. The minimum Gasteiger partial charge on any atom is -0.345 e. The van der Waals surface area contributed by atoms with Crippen molar-refractivity contribution < 1.29 is 9.59 Å². The number of rotatable bonds is 4. The molecule has 0 unspecified atom stereocenters. The van der Waals surface area contributed by atoms with Gasteiger partial charge in [-0.05, 0) is 44.7 Å². The largest absolute Gasteiger partial charge is 0.345 e. The fourth-order valence-electron chi connectivity index (χ4n) is 3.64. The van der Waals surface area contributed by atoms with E-state index in [1.807, 2.05) is 18.7 Å². The lowest BCUT2D eigenvalue weighted by molar-refractivity contribution is -0.138. The van der Waals surface area contributed by atoms with Crippen molar-refractivity contribution >= 4 is 23.6 Å². The number of thioether (sulfide) groups is 1. The third-order valence-corrected chi connectivity index (χ3v) is 6.77. The van der Waals surface area contributed by atoms with E-state index >= 15 is 0 Å². The molecule has 2 atom stereocenters. The zero-order valence-corrected chi connectivity index (χ0v) is 15.7. The Labute approximate surface area is 148 Å². The van der Waals surface area contributed by atoms with Crippen molar-refractivity contribution in [2.24, 2.45) is 0 Å². The normalized spacial score (nSPS) is 26.6. The molecule has 2 aliphatic rings. The van der Waals surface area contributed by atoms with Crippen molar-refractivity contribution in [1.29, 1.82) is 0 Å². The summed E-state index contributed by atoms with van der Waals surface area (Å²) < 4.78 is 0. The van der Waals surface area contributed by atoms with Crippen LogP contribution in [0.15, 0.2) is 24.3 Å². The van der Waals surface area contributed by atoms with Crippen LogP contribution in [-0.2, 0) is 21.5 Å². The van der Waals surface area contributed by atoms with E-state index in [0.717, 1.165) is 18.4 Å². The number of nitrogens with one attached hydrogen (secondary N) is 1. The lowest BCUT2D eigenvalue weighted by atomic mass is 9.92. The molecule has 2 aliphatic heterocycles. The van der Waals surface area contributed by atoms with Gasteiger partial charge in [0.25, 0.3) is 0 Å². The van der Waals surface area contributed by atoms with Gasteiger partial charge in [0.05, 0.1) is 10.4 Å². The van der Waals surface area contributed by atoms with Crippen molar-refractivity contribution in [3.05, 3.63) is 35.4 Å². The number of fused-ring (bicyclic) bond motifs is 1. The summed E-state index contributed by atoms with van der Waals surface area (Å²) in [6.07, 6.45) is 2.39. The third-order valence-electron chi connectivity index (χ3n) is 5.27. The molecule has 0 saturated carbocycles.